The largest absolute Gasteiger partial charge is 0.507 e. The molecule has 0 unspecified atom stereocenters. The Morgan fingerprint density at radius 3 is 2.81 bits per heavy atom. The van der Waals surface area contributed by atoms with E-state index >= 15 is 0 Å². The minimum Gasteiger partial charge on any atom is -0.507 e. The van der Waals surface area contributed by atoms with Gasteiger partial charge in [0, 0.05) is 18.9 Å². The van der Waals surface area contributed by atoms with E-state index in [1.807, 2.05) is 12.2 Å². The molecule has 1 saturated heterocycles. The second-order valence-corrected chi connectivity index (χ2v) is 6.74. The molecule has 3 atom stereocenters. The van der Waals surface area contributed by atoms with Crippen molar-refractivity contribution in [1.82, 2.24) is 0 Å². The number of esters is 1. The molecule has 8 heteroatoms. The standard InChI is InChI=1S/C19H20ClNO6/c1-10-7-16-15(27-16)6-4-3-5-11(21-25-2)8-12-17(19(24)26-10)13(22)9-14(23)18(12)20/h3-6,9-10,15-16,22-23H,7-8H2,1-2H3/b5-3+,6-4-,21-11-/t10-,15+,16-/m1/s1. The number of oxime groups is 1. The quantitative estimate of drug-likeness (QED) is 0.432. The third-order valence-electron chi connectivity index (χ3n) is 4.29. The third kappa shape index (κ3) is 4.43. The van der Waals surface area contributed by atoms with Crippen LogP contribution >= 0.6 is 11.6 Å². The van der Waals surface area contributed by atoms with E-state index in [-0.39, 0.29) is 40.5 Å². The van der Waals surface area contributed by atoms with E-state index in [0.29, 0.717) is 12.1 Å². The molecule has 1 aromatic rings. The van der Waals surface area contributed by atoms with E-state index in [4.69, 9.17) is 25.9 Å². The summed E-state index contributed by atoms with van der Waals surface area (Å²) in [6.45, 7) is 1.75. The van der Waals surface area contributed by atoms with Crippen molar-refractivity contribution in [2.24, 2.45) is 5.16 Å². The highest BCUT2D eigenvalue weighted by molar-refractivity contribution is 6.33. The van der Waals surface area contributed by atoms with Crippen molar-refractivity contribution in [2.45, 2.75) is 38.1 Å². The summed E-state index contributed by atoms with van der Waals surface area (Å²) in [6, 6.07) is 1.02. The molecule has 0 spiro atoms. The molecule has 2 aliphatic heterocycles. The zero-order valence-corrected chi connectivity index (χ0v) is 15.6. The van der Waals surface area contributed by atoms with Gasteiger partial charge in [-0.2, -0.15) is 0 Å². The van der Waals surface area contributed by atoms with Crippen LogP contribution in [0.4, 0.5) is 0 Å². The van der Waals surface area contributed by atoms with E-state index in [2.05, 4.69) is 5.16 Å². The van der Waals surface area contributed by atoms with Crippen molar-refractivity contribution < 1.29 is 29.3 Å². The fraction of sp³-hybridized carbons (Fsp3) is 0.368. The lowest BCUT2D eigenvalue weighted by Gasteiger charge is -2.17. The number of aromatic hydroxyl groups is 2. The molecule has 1 fully saturated rings. The summed E-state index contributed by atoms with van der Waals surface area (Å²) < 4.78 is 11.0. The Bertz CT molecular complexity index is 832. The predicted octanol–water partition coefficient (Wildman–Crippen LogP) is 3.12. The van der Waals surface area contributed by atoms with Crippen molar-refractivity contribution in [2.75, 3.05) is 7.11 Å². The number of phenols is 2. The average Bonchev–Trinajstić information content (AvgIpc) is 3.32. The number of phenolic OH excluding ortho intramolecular Hbond substituents is 2. The van der Waals surface area contributed by atoms with Crippen LogP contribution in [-0.4, -0.2) is 47.3 Å². The molecule has 0 amide bonds. The maximum absolute atomic E-state index is 12.7. The highest BCUT2D eigenvalue weighted by Crippen LogP contribution is 2.38. The molecular weight excluding hydrogens is 374 g/mol. The Morgan fingerprint density at radius 2 is 2.07 bits per heavy atom. The highest BCUT2D eigenvalue weighted by atomic mass is 35.5. The van der Waals surface area contributed by atoms with Gasteiger partial charge in [0.05, 0.1) is 16.8 Å². The Hall–Kier alpha value is -2.51. The van der Waals surface area contributed by atoms with Gasteiger partial charge in [0.1, 0.15) is 36.4 Å². The fourth-order valence-corrected chi connectivity index (χ4v) is 3.19. The maximum atomic E-state index is 12.7. The number of carbonyl (C=O) groups is 1. The second kappa shape index (κ2) is 8.02. The Kier molecular flexibility index (Phi) is 5.72. The number of cyclic esters (lactones) is 1. The molecule has 2 N–H and O–H groups in total. The van der Waals surface area contributed by atoms with Gasteiger partial charge in [-0.1, -0.05) is 35.0 Å². The van der Waals surface area contributed by atoms with Gasteiger partial charge in [-0.3, -0.25) is 0 Å². The van der Waals surface area contributed by atoms with Crippen molar-refractivity contribution >= 4 is 23.3 Å². The lowest BCUT2D eigenvalue weighted by molar-refractivity contribution is 0.0306. The van der Waals surface area contributed by atoms with Gasteiger partial charge in [0.2, 0.25) is 0 Å². The van der Waals surface area contributed by atoms with Gasteiger partial charge in [0.15, 0.2) is 0 Å². The summed E-state index contributed by atoms with van der Waals surface area (Å²) in [4.78, 5) is 17.5. The number of ether oxygens (including phenoxy) is 2. The van der Waals surface area contributed by atoms with Crippen molar-refractivity contribution in [3.05, 3.63) is 46.5 Å². The van der Waals surface area contributed by atoms with Crippen LogP contribution in [0.5, 0.6) is 11.5 Å². The van der Waals surface area contributed by atoms with Crippen LogP contribution in [0.15, 0.2) is 35.5 Å². The third-order valence-corrected chi connectivity index (χ3v) is 4.71. The first-order valence-electron chi connectivity index (χ1n) is 8.45. The minimum absolute atomic E-state index is 0.0198. The Labute approximate surface area is 161 Å². The number of benzene rings is 1. The first-order chi connectivity index (χ1) is 12.9. The number of hydrogen-bond acceptors (Lipinski definition) is 7. The van der Waals surface area contributed by atoms with Crippen molar-refractivity contribution in [3.63, 3.8) is 0 Å². The zero-order valence-electron chi connectivity index (χ0n) is 14.9. The SMILES string of the molecule is CO/N=C1/C=C/C=C\[C@@H]2O[C@@H]2C[C@@H](C)OC(=O)c2c(O)cc(O)c(Cl)c2C1. The van der Waals surface area contributed by atoms with Gasteiger partial charge in [-0.15, -0.1) is 0 Å². The molecule has 0 aromatic heterocycles. The maximum Gasteiger partial charge on any atom is 0.342 e. The monoisotopic (exact) mass is 393 g/mol. The van der Waals surface area contributed by atoms with Crippen LogP contribution in [0.1, 0.15) is 29.3 Å². The number of halogens is 1. The number of fused-ring (bicyclic) bond motifs is 2. The molecule has 2 heterocycles. The summed E-state index contributed by atoms with van der Waals surface area (Å²) in [5.41, 5.74) is 0.526. The van der Waals surface area contributed by atoms with E-state index < -0.39 is 17.8 Å². The summed E-state index contributed by atoms with van der Waals surface area (Å²) in [7, 11) is 1.39. The number of epoxide rings is 1. The van der Waals surface area contributed by atoms with E-state index in [1.54, 1.807) is 19.1 Å². The van der Waals surface area contributed by atoms with Gasteiger partial charge < -0.3 is 24.5 Å². The van der Waals surface area contributed by atoms with Crippen LogP contribution < -0.4 is 0 Å². The lowest BCUT2D eigenvalue weighted by Crippen LogP contribution is -2.19. The van der Waals surface area contributed by atoms with Crippen molar-refractivity contribution in [3.8, 4) is 11.5 Å². The second-order valence-electron chi connectivity index (χ2n) is 6.36. The number of allylic oxidation sites excluding steroid dienone is 3. The molecule has 144 valence electrons. The average molecular weight is 394 g/mol. The van der Waals surface area contributed by atoms with Crippen LogP contribution in [-0.2, 0) is 20.7 Å². The van der Waals surface area contributed by atoms with Crippen LogP contribution in [0.25, 0.3) is 0 Å². The van der Waals surface area contributed by atoms with Gasteiger partial charge in [-0.25, -0.2) is 4.79 Å². The molecule has 3 rings (SSSR count). The molecule has 0 aliphatic carbocycles. The first-order valence-corrected chi connectivity index (χ1v) is 8.83. The van der Waals surface area contributed by atoms with Crippen LogP contribution in [0.3, 0.4) is 0 Å². The normalized spacial score (nSPS) is 29.1. The Morgan fingerprint density at radius 1 is 1.30 bits per heavy atom. The lowest BCUT2D eigenvalue weighted by atomic mass is 9.99. The molecule has 7 nitrogen and oxygen atoms in total. The van der Waals surface area contributed by atoms with Crippen LogP contribution in [0.2, 0.25) is 5.02 Å². The summed E-state index contributed by atoms with van der Waals surface area (Å²) in [5.74, 6) is -1.50. The Balaban J connectivity index is 2.06. The van der Waals surface area contributed by atoms with Gasteiger partial charge >= 0.3 is 5.97 Å². The van der Waals surface area contributed by atoms with E-state index in [0.717, 1.165) is 6.07 Å². The molecular formula is C19H20ClNO6. The summed E-state index contributed by atoms with van der Waals surface area (Å²) in [5, 5.41) is 24.1. The minimum atomic E-state index is -0.734. The molecule has 1 aromatic carbocycles. The van der Waals surface area contributed by atoms with E-state index in [9.17, 15) is 15.0 Å². The number of rotatable bonds is 1. The fourth-order valence-electron chi connectivity index (χ4n) is 2.97. The number of carbonyl (C=O) groups excluding carboxylic acids is 1. The summed E-state index contributed by atoms with van der Waals surface area (Å²) >= 11 is 6.21. The molecule has 0 bridgehead atoms. The number of hydrogen-bond donors (Lipinski definition) is 2. The topological polar surface area (TPSA) is 101 Å². The van der Waals surface area contributed by atoms with Crippen molar-refractivity contribution in [1.29, 1.82) is 0 Å². The van der Waals surface area contributed by atoms with E-state index in [1.165, 1.54) is 7.11 Å². The molecule has 0 saturated carbocycles. The molecule has 0 radical (unpaired) electrons. The van der Waals surface area contributed by atoms with Gasteiger partial charge in [-0.05, 0) is 18.6 Å². The number of nitrogens with zero attached hydrogens (tertiary/aromatic N) is 1. The zero-order chi connectivity index (χ0) is 19.6. The summed E-state index contributed by atoms with van der Waals surface area (Å²) in [6.07, 6.45) is 7.29. The highest BCUT2D eigenvalue weighted by Gasteiger charge is 2.38. The smallest absolute Gasteiger partial charge is 0.342 e. The predicted molar refractivity (Wildman–Crippen MR) is 99.4 cm³/mol. The molecule has 2 aliphatic rings. The van der Waals surface area contributed by atoms with Crippen LogP contribution in [0, 0.1) is 0 Å². The van der Waals surface area contributed by atoms with Gasteiger partial charge in [0.25, 0.3) is 0 Å². The molecule has 27 heavy (non-hydrogen) atoms. The first kappa shape index (κ1) is 19.3.